The number of hydrogen-bond donors (Lipinski definition) is 1. The van der Waals surface area contributed by atoms with E-state index in [1.54, 1.807) is 25.0 Å². The fourth-order valence-corrected chi connectivity index (χ4v) is 3.21. The van der Waals surface area contributed by atoms with E-state index in [1.807, 2.05) is 0 Å². The van der Waals surface area contributed by atoms with Crippen molar-refractivity contribution in [1.29, 1.82) is 0 Å². The molecule has 126 valence electrons. The van der Waals surface area contributed by atoms with Gasteiger partial charge in [-0.05, 0) is 43.0 Å². The third-order valence-electron chi connectivity index (χ3n) is 4.32. The molecule has 2 rings (SSSR count). The van der Waals surface area contributed by atoms with Crippen LogP contribution >= 0.6 is 0 Å². The molecule has 23 heavy (non-hydrogen) atoms. The van der Waals surface area contributed by atoms with Crippen LogP contribution in [-0.4, -0.2) is 42.1 Å². The number of piperidine rings is 1. The summed E-state index contributed by atoms with van der Waals surface area (Å²) < 4.78 is 18.4. The monoisotopic (exact) mass is 323 g/mol. The second-order valence-electron chi connectivity index (χ2n) is 5.86. The van der Waals surface area contributed by atoms with Crippen LogP contribution in [0.3, 0.4) is 0 Å². The van der Waals surface area contributed by atoms with Crippen LogP contribution in [0.4, 0.5) is 4.39 Å². The molecule has 0 radical (unpaired) electrons. The number of carbonyl (C=O) groups is 2. The SMILES string of the molecule is COCCCN1C(=O)CC[C@H](C(=O)O)[C@H]1c1ccc(F)cc1C. The van der Waals surface area contributed by atoms with Crippen molar-refractivity contribution in [3.63, 3.8) is 0 Å². The van der Waals surface area contributed by atoms with Crippen molar-refractivity contribution in [1.82, 2.24) is 4.90 Å². The maximum absolute atomic E-state index is 13.4. The van der Waals surface area contributed by atoms with Crippen molar-refractivity contribution in [3.05, 3.63) is 35.1 Å². The molecule has 0 spiro atoms. The van der Waals surface area contributed by atoms with Crippen LogP contribution in [0.15, 0.2) is 18.2 Å². The highest BCUT2D eigenvalue weighted by atomic mass is 19.1. The Bertz CT molecular complexity index is 590. The molecule has 1 heterocycles. The van der Waals surface area contributed by atoms with Gasteiger partial charge in [0, 0.05) is 26.7 Å². The minimum absolute atomic E-state index is 0.0627. The smallest absolute Gasteiger partial charge is 0.308 e. The normalized spacial score (nSPS) is 21.5. The van der Waals surface area contributed by atoms with E-state index in [4.69, 9.17) is 4.74 Å². The molecule has 1 aliphatic heterocycles. The van der Waals surface area contributed by atoms with Gasteiger partial charge in [-0.1, -0.05) is 6.07 Å². The number of ether oxygens (including phenoxy) is 1. The largest absolute Gasteiger partial charge is 0.481 e. The predicted molar refractivity (Wildman–Crippen MR) is 82.4 cm³/mol. The summed E-state index contributed by atoms with van der Waals surface area (Å²) in [5, 5.41) is 9.55. The van der Waals surface area contributed by atoms with Crippen molar-refractivity contribution >= 4 is 11.9 Å². The Balaban J connectivity index is 2.38. The fraction of sp³-hybridized carbons (Fsp3) is 0.529. The third kappa shape index (κ3) is 3.88. The van der Waals surface area contributed by atoms with Crippen LogP contribution in [0.1, 0.15) is 36.4 Å². The predicted octanol–water partition coefficient (Wildman–Crippen LogP) is 2.53. The van der Waals surface area contributed by atoms with Gasteiger partial charge in [-0.2, -0.15) is 0 Å². The standard InChI is InChI=1S/C17H22FNO4/c1-11-10-12(18)4-5-13(11)16-14(17(21)22)6-7-15(20)19(16)8-3-9-23-2/h4-5,10,14,16H,3,6-9H2,1-2H3,(H,21,22)/t14-,16+/m0/s1. The fourth-order valence-electron chi connectivity index (χ4n) is 3.21. The number of hydrogen-bond acceptors (Lipinski definition) is 3. The molecular weight excluding hydrogens is 301 g/mol. The number of aliphatic carboxylic acids is 1. The second kappa shape index (κ2) is 7.55. The lowest BCUT2D eigenvalue weighted by molar-refractivity contribution is -0.152. The lowest BCUT2D eigenvalue weighted by Crippen LogP contribution is -2.46. The Labute approximate surface area is 135 Å². The van der Waals surface area contributed by atoms with Gasteiger partial charge in [-0.3, -0.25) is 9.59 Å². The van der Waals surface area contributed by atoms with Gasteiger partial charge < -0.3 is 14.7 Å². The number of rotatable bonds is 6. The molecule has 5 nitrogen and oxygen atoms in total. The van der Waals surface area contributed by atoms with Gasteiger partial charge in [-0.15, -0.1) is 0 Å². The van der Waals surface area contributed by atoms with Gasteiger partial charge in [0.25, 0.3) is 0 Å². The highest BCUT2D eigenvalue weighted by Gasteiger charge is 2.40. The zero-order valence-corrected chi connectivity index (χ0v) is 13.4. The van der Waals surface area contributed by atoms with Gasteiger partial charge in [0.05, 0.1) is 12.0 Å². The zero-order valence-electron chi connectivity index (χ0n) is 13.4. The van der Waals surface area contributed by atoms with E-state index in [0.29, 0.717) is 37.1 Å². The van der Waals surface area contributed by atoms with Crippen molar-refractivity contribution in [2.75, 3.05) is 20.3 Å². The van der Waals surface area contributed by atoms with Crippen LogP contribution < -0.4 is 0 Å². The van der Waals surface area contributed by atoms with Gasteiger partial charge in [0.2, 0.25) is 5.91 Å². The highest BCUT2D eigenvalue weighted by Crippen LogP contribution is 2.38. The number of methoxy groups -OCH3 is 1. The van der Waals surface area contributed by atoms with E-state index in [0.717, 1.165) is 0 Å². The third-order valence-corrected chi connectivity index (χ3v) is 4.32. The minimum Gasteiger partial charge on any atom is -0.481 e. The molecule has 1 aromatic rings. The molecule has 2 atom stereocenters. The number of aryl methyl sites for hydroxylation is 1. The minimum atomic E-state index is -0.928. The molecule has 0 saturated carbocycles. The molecule has 1 N–H and O–H groups in total. The lowest BCUT2D eigenvalue weighted by Gasteiger charge is -2.40. The Morgan fingerprint density at radius 2 is 2.22 bits per heavy atom. The van der Waals surface area contributed by atoms with Gasteiger partial charge in [0.1, 0.15) is 5.82 Å². The van der Waals surface area contributed by atoms with E-state index in [1.165, 1.54) is 12.1 Å². The first kappa shape index (κ1) is 17.4. The Hall–Kier alpha value is -1.95. The molecule has 1 aromatic carbocycles. The maximum atomic E-state index is 13.4. The summed E-state index contributed by atoms with van der Waals surface area (Å²) in [6.07, 6.45) is 1.16. The number of nitrogens with zero attached hydrogens (tertiary/aromatic N) is 1. The van der Waals surface area contributed by atoms with Crippen molar-refractivity contribution in [2.24, 2.45) is 5.92 Å². The molecule has 1 amide bonds. The second-order valence-corrected chi connectivity index (χ2v) is 5.86. The van der Waals surface area contributed by atoms with Gasteiger partial charge in [-0.25, -0.2) is 4.39 Å². The van der Waals surface area contributed by atoms with Gasteiger partial charge in [0.15, 0.2) is 0 Å². The molecule has 0 unspecified atom stereocenters. The summed E-state index contributed by atoms with van der Waals surface area (Å²) in [5.41, 5.74) is 1.36. The quantitative estimate of drug-likeness (QED) is 0.817. The van der Waals surface area contributed by atoms with Crippen LogP contribution in [0.25, 0.3) is 0 Å². The number of halogens is 1. The summed E-state index contributed by atoms with van der Waals surface area (Å²) in [7, 11) is 1.58. The summed E-state index contributed by atoms with van der Waals surface area (Å²) >= 11 is 0. The number of carboxylic acid groups (broad SMARTS) is 1. The Morgan fingerprint density at radius 1 is 1.48 bits per heavy atom. The van der Waals surface area contributed by atoms with Gasteiger partial charge >= 0.3 is 5.97 Å². The zero-order chi connectivity index (χ0) is 17.0. The molecule has 1 aliphatic rings. The average Bonchev–Trinajstić information content (AvgIpc) is 2.49. The Morgan fingerprint density at radius 3 is 2.83 bits per heavy atom. The van der Waals surface area contributed by atoms with E-state index < -0.39 is 17.9 Å². The number of carboxylic acids is 1. The number of benzene rings is 1. The number of likely N-dealkylation sites (tertiary alicyclic amines) is 1. The molecule has 1 saturated heterocycles. The van der Waals surface area contributed by atoms with E-state index in [-0.39, 0.29) is 18.1 Å². The molecule has 1 fully saturated rings. The number of amides is 1. The average molecular weight is 323 g/mol. The molecular formula is C17H22FNO4. The van der Waals surface area contributed by atoms with Crippen molar-refractivity contribution in [2.45, 2.75) is 32.2 Å². The summed E-state index contributed by atoms with van der Waals surface area (Å²) in [6, 6.07) is 3.72. The van der Waals surface area contributed by atoms with E-state index in [2.05, 4.69) is 0 Å². The maximum Gasteiger partial charge on any atom is 0.308 e. The Kier molecular flexibility index (Phi) is 5.71. The summed E-state index contributed by atoms with van der Waals surface area (Å²) in [5.74, 6) is -2.04. The van der Waals surface area contributed by atoms with Crippen LogP contribution in [0.5, 0.6) is 0 Å². The van der Waals surface area contributed by atoms with Crippen molar-refractivity contribution < 1.29 is 23.8 Å². The number of carbonyl (C=O) groups excluding carboxylic acids is 1. The van der Waals surface area contributed by atoms with Crippen molar-refractivity contribution in [3.8, 4) is 0 Å². The van der Waals surface area contributed by atoms with E-state index in [9.17, 15) is 19.1 Å². The first-order valence-electron chi connectivity index (χ1n) is 7.73. The van der Waals surface area contributed by atoms with Crippen LogP contribution in [0.2, 0.25) is 0 Å². The van der Waals surface area contributed by atoms with E-state index >= 15 is 0 Å². The molecule has 0 aliphatic carbocycles. The summed E-state index contributed by atoms with van der Waals surface area (Å²) in [4.78, 5) is 25.6. The molecule has 0 bridgehead atoms. The first-order chi connectivity index (χ1) is 11.0. The molecule has 0 aromatic heterocycles. The topological polar surface area (TPSA) is 66.8 Å². The van der Waals surface area contributed by atoms with Crippen LogP contribution in [0, 0.1) is 18.7 Å². The molecule has 6 heteroatoms. The summed E-state index contributed by atoms with van der Waals surface area (Å²) in [6.45, 7) is 2.66. The van der Waals surface area contributed by atoms with Crippen LogP contribution in [-0.2, 0) is 14.3 Å². The lowest BCUT2D eigenvalue weighted by atomic mass is 9.82. The highest BCUT2D eigenvalue weighted by molar-refractivity contribution is 5.82. The first-order valence-corrected chi connectivity index (χ1v) is 7.73.